The zero-order valence-electron chi connectivity index (χ0n) is 12.4. The van der Waals surface area contributed by atoms with Gasteiger partial charge in [-0.3, -0.25) is 4.68 Å². The maximum atomic E-state index is 13.6. The molecule has 0 radical (unpaired) electrons. The Hall–Kier alpha value is -2.37. The van der Waals surface area contributed by atoms with Gasteiger partial charge in [-0.2, -0.15) is 18.3 Å². The Morgan fingerprint density at radius 2 is 1.83 bits per heavy atom. The van der Waals surface area contributed by atoms with Crippen molar-refractivity contribution in [3.8, 4) is 11.3 Å². The second-order valence-electron chi connectivity index (χ2n) is 5.90. The molecular formula is C17H14F3N3. The summed E-state index contributed by atoms with van der Waals surface area (Å²) in [6.45, 7) is 0. The van der Waals surface area contributed by atoms with Crippen molar-refractivity contribution in [1.29, 1.82) is 0 Å². The number of alkyl halides is 3. The van der Waals surface area contributed by atoms with E-state index in [1.165, 1.54) is 4.68 Å². The maximum absolute atomic E-state index is 13.6. The highest BCUT2D eigenvalue weighted by atomic mass is 19.4. The highest BCUT2D eigenvalue weighted by Gasteiger charge is 2.39. The topological polar surface area (TPSA) is 30.7 Å². The van der Waals surface area contributed by atoms with Crippen LogP contribution in [0.1, 0.15) is 30.0 Å². The first kappa shape index (κ1) is 14.2. The second-order valence-corrected chi connectivity index (χ2v) is 5.90. The molecule has 0 aliphatic heterocycles. The highest BCUT2D eigenvalue weighted by molar-refractivity contribution is 5.86. The minimum absolute atomic E-state index is 0.129. The minimum atomic E-state index is -4.43. The van der Waals surface area contributed by atoms with Crippen LogP contribution in [-0.4, -0.2) is 14.8 Å². The van der Waals surface area contributed by atoms with Gasteiger partial charge < -0.3 is 0 Å². The molecule has 2 aromatic heterocycles. The van der Waals surface area contributed by atoms with Crippen LogP contribution in [-0.2, 0) is 13.2 Å². The van der Waals surface area contributed by atoms with Crippen molar-refractivity contribution < 1.29 is 13.2 Å². The van der Waals surface area contributed by atoms with Gasteiger partial charge >= 0.3 is 6.18 Å². The predicted octanol–water partition coefficient (Wildman–Crippen LogP) is 4.53. The van der Waals surface area contributed by atoms with Crippen molar-refractivity contribution in [3.05, 3.63) is 47.7 Å². The summed E-state index contributed by atoms with van der Waals surface area (Å²) in [4.78, 5) is 4.45. The Morgan fingerprint density at radius 1 is 1.13 bits per heavy atom. The van der Waals surface area contributed by atoms with Crippen LogP contribution in [0.2, 0.25) is 0 Å². The molecule has 0 N–H and O–H groups in total. The van der Waals surface area contributed by atoms with Gasteiger partial charge in [0.15, 0.2) is 5.65 Å². The number of hydrogen-bond acceptors (Lipinski definition) is 2. The van der Waals surface area contributed by atoms with Crippen molar-refractivity contribution >= 4 is 11.0 Å². The van der Waals surface area contributed by atoms with E-state index in [-0.39, 0.29) is 11.3 Å². The fraction of sp³-hybridized carbons (Fsp3) is 0.294. The van der Waals surface area contributed by atoms with E-state index in [0.717, 1.165) is 18.9 Å². The number of fused-ring (bicyclic) bond motifs is 1. The molecular weight excluding hydrogens is 303 g/mol. The average molecular weight is 317 g/mol. The summed E-state index contributed by atoms with van der Waals surface area (Å²) in [7, 11) is 1.65. The molecule has 1 saturated carbocycles. The second kappa shape index (κ2) is 4.81. The number of pyridine rings is 1. The molecule has 0 saturated heterocycles. The summed E-state index contributed by atoms with van der Waals surface area (Å²) in [6.07, 6.45) is -2.65. The molecule has 3 nitrogen and oxygen atoms in total. The van der Waals surface area contributed by atoms with Crippen LogP contribution in [0, 0.1) is 0 Å². The zero-order valence-corrected chi connectivity index (χ0v) is 12.4. The largest absolute Gasteiger partial charge is 0.417 e. The van der Waals surface area contributed by atoms with E-state index in [4.69, 9.17) is 0 Å². The third-order valence-electron chi connectivity index (χ3n) is 4.16. The van der Waals surface area contributed by atoms with Crippen molar-refractivity contribution in [1.82, 2.24) is 14.8 Å². The van der Waals surface area contributed by atoms with Crippen molar-refractivity contribution in [2.75, 3.05) is 0 Å². The Kier molecular flexibility index (Phi) is 2.98. The van der Waals surface area contributed by atoms with Gasteiger partial charge in [0.25, 0.3) is 0 Å². The quantitative estimate of drug-likeness (QED) is 0.695. The highest BCUT2D eigenvalue weighted by Crippen LogP contribution is 2.46. The van der Waals surface area contributed by atoms with Crippen LogP contribution >= 0.6 is 0 Å². The van der Waals surface area contributed by atoms with Gasteiger partial charge in [-0.1, -0.05) is 30.3 Å². The number of halogens is 3. The summed E-state index contributed by atoms with van der Waals surface area (Å²) < 4.78 is 42.3. The van der Waals surface area contributed by atoms with E-state index in [0.29, 0.717) is 22.6 Å². The lowest BCUT2D eigenvalue weighted by Crippen LogP contribution is -2.08. The summed E-state index contributed by atoms with van der Waals surface area (Å²) in [6, 6.07) is 10.0. The minimum Gasteiger partial charge on any atom is -0.250 e. The molecule has 0 bridgehead atoms. The Labute approximate surface area is 130 Å². The molecule has 0 unspecified atom stereocenters. The number of nitrogens with zero attached hydrogens (tertiary/aromatic N) is 3. The molecule has 1 fully saturated rings. The number of rotatable bonds is 2. The first-order valence-electron chi connectivity index (χ1n) is 7.45. The Morgan fingerprint density at radius 3 is 2.43 bits per heavy atom. The van der Waals surface area contributed by atoms with E-state index in [1.807, 2.05) is 6.07 Å². The van der Waals surface area contributed by atoms with Gasteiger partial charge in [-0.05, 0) is 18.9 Å². The smallest absolute Gasteiger partial charge is 0.250 e. The summed E-state index contributed by atoms with van der Waals surface area (Å²) in [5.74, 6) is 0.129. The lowest BCUT2D eigenvalue weighted by molar-refractivity contribution is -0.136. The van der Waals surface area contributed by atoms with Crippen LogP contribution in [0.3, 0.4) is 0 Å². The molecule has 1 aliphatic rings. The molecule has 3 aromatic rings. The first-order valence-corrected chi connectivity index (χ1v) is 7.45. The normalized spacial score (nSPS) is 15.3. The predicted molar refractivity (Wildman–Crippen MR) is 80.9 cm³/mol. The fourth-order valence-electron chi connectivity index (χ4n) is 2.90. The molecule has 6 heteroatoms. The fourth-order valence-corrected chi connectivity index (χ4v) is 2.90. The number of hydrogen-bond donors (Lipinski definition) is 0. The standard InChI is InChI=1S/C17H14F3N3/c1-23-16-14(15(22-23)11-7-8-11)12(17(18,19)20)9-13(21-16)10-5-3-2-4-6-10/h2-6,9,11H,7-8H2,1H3. The summed E-state index contributed by atoms with van der Waals surface area (Å²) >= 11 is 0. The van der Waals surface area contributed by atoms with Gasteiger partial charge in [0.1, 0.15) is 0 Å². The van der Waals surface area contributed by atoms with Crippen molar-refractivity contribution in [3.63, 3.8) is 0 Å². The van der Waals surface area contributed by atoms with E-state index in [1.54, 1.807) is 31.3 Å². The van der Waals surface area contributed by atoms with Gasteiger partial charge in [0.2, 0.25) is 0 Å². The maximum Gasteiger partial charge on any atom is 0.417 e. The number of aryl methyl sites for hydroxylation is 1. The van der Waals surface area contributed by atoms with Gasteiger partial charge in [-0.25, -0.2) is 4.98 Å². The molecule has 1 aromatic carbocycles. The third kappa shape index (κ3) is 2.38. The van der Waals surface area contributed by atoms with E-state index < -0.39 is 11.7 Å². The number of aromatic nitrogens is 3. The molecule has 118 valence electrons. The van der Waals surface area contributed by atoms with Crippen LogP contribution in [0.15, 0.2) is 36.4 Å². The average Bonchev–Trinajstić information content (AvgIpc) is 3.31. The zero-order chi connectivity index (χ0) is 16.2. The van der Waals surface area contributed by atoms with Gasteiger partial charge in [0.05, 0.1) is 22.3 Å². The van der Waals surface area contributed by atoms with E-state index in [9.17, 15) is 13.2 Å². The molecule has 0 spiro atoms. The number of benzene rings is 1. The Bertz CT molecular complexity index is 877. The first-order chi connectivity index (χ1) is 10.9. The summed E-state index contributed by atoms with van der Waals surface area (Å²) in [5.41, 5.74) is 1.16. The van der Waals surface area contributed by atoms with Crippen LogP contribution < -0.4 is 0 Å². The molecule has 2 heterocycles. The molecule has 1 aliphatic carbocycles. The van der Waals surface area contributed by atoms with E-state index in [2.05, 4.69) is 10.1 Å². The van der Waals surface area contributed by atoms with Crippen molar-refractivity contribution in [2.24, 2.45) is 7.05 Å². The molecule has 23 heavy (non-hydrogen) atoms. The van der Waals surface area contributed by atoms with Crippen molar-refractivity contribution in [2.45, 2.75) is 24.9 Å². The van der Waals surface area contributed by atoms with Crippen LogP contribution in [0.25, 0.3) is 22.3 Å². The lowest BCUT2D eigenvalue weighted by Gasteiger charge is -2.11. The molecule has 0 amide bonds. The van der Waals surface area contributed by atoms with Crippen LogP contribution in [0.4, 0.5) is 13.2 Å². The lowest BCUT2D eigenvalue weighted by atomic mass is 10.0. The van der Waals surface area contributed by atoms with Gasteiger partial charge in [0, 0.05) is 18.5 Å². The summed E-state index contributed by atoms with van der Waals surface area (Å²) in [5, 5.41) is 4.47. The SMILES string of the molecule is Cn1nc(C2CC2)c2c(C(F)(F)F)cc(-c3ccccc3)nc21. The third-order valence-corrected chi connectivity index (χ3v) is 4.16. The van der Waals surface area contributed by atoms with Gasteiger partial charge in [-0.15, -0.1) is 0 Å². The Balaban J connectivity index is 2.04. The molecule has 0 atom stereocenters. The monoisotopic (exact) mass is 317 g/mol. The molecule has 4 rings (SSSR count). The van der Waals surface area contributed by atoms with Crippen LogP contribution in [0.5, 0.6) is 0 Å². The van der Waals surface area contributed by atoms with E-state index >= 15 is 0 Å².